The molecule has 1 aromatic rings. The molecule has 0 aliphatic rings. The highest BCUT2D eigenvalue weighted by Crippen LogP contribution is 2.20. The molecule has 0 bridgehead atoms. The molecule has 1 rings (SSSR count). The standard InChI is InChI=1S/C8H12N2O6S2/c1-8(14,3-11)2-10-18(15,16)7-5(6(12)13)9-4-17-7/h4,10-11,14H,2-3H2,1H3,(H,12,13). The van der Waals surface area contributed by atoms with Gasteiger partial charge in [-0.3, -0.25) is 0 Å². The van der Waals surface area contributed by atoms with Gasteiger partial charge in [0.1, 0.15) is 0 Å². The number of thiazole rings is 1. The van der Waals surface area contributed by atoms with Crippen LogP contribution in [0.3, 0.4) is 0 Å². The van der Waals surface area contributed by atoms with E-state index < -0.39 is 44.6 Å². The van der Waals surface area contributed by atoms with Gasteiger partial charge in [0.25, 0.3) is 10.0 Å². The number of aliphatic hydroxyl groups is 2. The number of hydrogen-bond acceptors (Lipinski definition) is 7. The number of sulfonamides is 1. The van der Waals surface area contributed by atoms with Gasteiger partial charge in [0.05, 0.1) is 17.7 Å². The maximum Gasteiger partial charge on any atom is 0.356 e. The first-order chi connectivity index (χ1) is 8.19. The second-order valence-corrected chi connectivity index (χ2v) is 6.59. The summed E-state index contributed by atoms with van der Waals surface area (Å²) in [7, 11) is -4.08. The number of carboxylic acids is 1. The topological polar surface area (TPSA) is 137 Å². The van der Waals surface area contributed by atoms with E-state index in [2.05, 4.69) is 4.98 Å². The number of carbonyl (C=O) groups is 1. The number of carboxylic acid groups (broad SMARTS) is 1. The lowest BCUT2D eigenvalue weighted by atomic mass is 10.1. The van der Waals surface area contributed by atoms with Crippen molar-refractivity contribution in [3.63, 3.8) is 0 Å². The Bertz CT molecular complexity index is 536. The summed E-state index contributed by atoms with van der Waals surface area (Å²) >= 11 is 0.656. The second kappa shape index (κ2) is 5.28. The van der Waals surface area contributed by atoms with Crippen LogP contribution in [0.1, 0.15) is 17.4 Å². The molecule has 10 heteroatoms. The molecular weight excluding hydrogens is 284 g/mol. The first kappa shape index (κ1) is 15.0. The highest BCUT2D eigenvalue weighted by atomic mass is 32.2. The molecule has 4 N–H and O–H groups in total. The zero-order valence-corrected chi connectivity index (χ0v) is 11.0. The molecule has 102 valence electrons. The third-order valence-corrected chi connectivity index (χ3v) is 4.74. The minimum Gasteiger partial charge on any atom is -0.476 e. The molecule has 0 aliphatic carbocycles. The molecule has 0 saturated carbocycles. The summed E-state index contributed by atoms with van der Waals surface area (Å²) in [5.74, 6) is -1.45. The second-order valence-electron chi connectivity index (χ2n) is 3.77. The minimum absolute atomic E-state index is 0.441. The summed E-state index contributed by atoms with van der Waals surface area (Å²) in [4.78, 5) is 14.2. The van der Waals surface area contributed by atoms with Crippen molar-refractivity contribution < 1.29 is 28.5 Å². The Morgan fingerprint density at radius 2 is 2.22 bits per heavy atom. The average Bonchev–Trinajstić information content (AvgIpc) is 2.76. The maximum atomic E-state index is 11.8. The zero-order valence-electron chi connectivity index (χ0n) is 9.32. The van der Waals surface area contributed by atoms with Crippen molar-refractivity contribution in [2.24, 2.45) is 0 Å². The van der Waals surface area contributed by atoms with E-state index in [9.17, 15) is 18.3 Å². The van der Waals surface area contributed by atoms with E-state index in [1.54, 1.807) is 0 Å². The molecule has 0 spiro atoms. The van der Waals surface area contributed by atoms with Crippen molar-refractivity contribution in [1.82, 2.24) is 9.71 Å². The number of aliphatic hydroxyl groups excluding tert-OH is 1. The third kappa shape index (κ3) is 3.46. The Morgan fingerprint density at radius 3 is 2.72 bits per heavy atom. The number of rotatable bonds is 6. The summed E-state index contributed by atoms with van der Waals surface area (Å²) in [5, 5.41) is 27.0. The molecule has 0 radical (unpaired) electrons. The highest BCUT2D eigenvalue weighted by Gasteiger charge is 2.28. The van der Waals surface area contributed by atoms with Crippen LogP contribution in [-0.2, 0) is 10.0 Å². The minimum atomic E-state index is -4.08. The van der Waals surface area contributed by atoms with Crippen molar-refractivity contribution in [3.8, 4) is 0 Å². The van der Waals surface area contributed by atoms with Crippen molar-refractivity contribution in [2.45, 2.75) is 16.7 Å². The normalized spacial score (nSPS) is 15.3. The van der Waals surface area contributed by atoms with E-state index >= 15 is 0 Å². The van der Waals surface area contributed by atoms with Crippen LogP contribution in [0.2, 0.25) is 0 Å². The van der Waals surface area contributed by atoms with Gasteiger partial charge in [-0.15, -0.1) is 11.3 Å². The lowest BCUT2D eigenvalue weighted by Gasteiger charge is -2.20. The molecule has 1 unspecified atom stereocenters. The van der Waals surface area contributed by atoms with Crippen LogP contribution in [-0.4, -0.2) is 53.4 Å². The van der Waals surface area contributed by atoms with Gasteiger partial charge in [0.15, 0.2) is 9.90 Å². The Balaban J connectivity index is 2.94. The van der Waals surface area contributed by atoms with Gasteiger partial charge in [-0.1, -0.05) is 0 Å². The third-order valence-electron chi connectivity index (χ3n) is 1.97. The lowest BCUT2D eigenvalue weighted by Crippen LogP contribution is -2.43. The fourth-order valence-corrected chi connectivity index (χ4v) is 3.29. The van der Waals surface area contributed by atoms with Crippen molar-refractivity contribution >= 4 is 27.3 Å². The molecule has 1 atom stereocenters. The predicted octanol–water partition coefficient (Wildman–Crippen LogP) is -1.14. The van der Waals surface area contributed by atoms with Gasteiger partial charge < -0.3 is 15.3 Å². The molecule has 0 amide bonds. The fourth-order valence-electron chi connectivity index (χ4n) is 0.941. The van der Waals surface area contributed by atoms with Gasteiger partial charge in [-0.05, 0) is 6.92 Å². The predicted molar refractivity (Wildman–Crippen MR) is 62.0 cm³/mol. The molecule has 0 aliphatic heterocycles. The maximum absolute atomic E-state index is 11.8. The first-order valence-corrected chi connectivity index (χ1v) is 7.05. The average molecular weight is 296 g/mol. The first-order valence-electron chi connectivity index (χ1n) is 4.69. The number of nitrogens with zero attached hydrogens (tertiary/aromatic N) is 1. The van der Waals surface area contributed by atoms with Crippen molar-refractivity contribution in [1.29, 1.82) is 0 Å². The van der Waals surface area contributed by atoms with Crippen LogP contribution in [0.25, 0.3) is 0 Å². The van der Waals surface area contributed by atoms with E-state index in [4.69, 9.17) is 10.2 Å². The number of hydrogen-bond donors (Lipinski definition) is 4. The fraction of sp³-hybridized carbons (Fsp3) is 0.500. The summed E-state index contributed by atoms with van der Waals surface area (Å²) in [5.41, 5.74) is -1.10. The van der Waals surface area contributed by atoms with Gasteiger partial charge >= 0.3 is 5.97 Å². The molecule has 0 fully saturated rings. The highest BCUT2D eigenvalue weighted by molar-refractivity contribution is 7.91. The van der Waals surface area contributed by atoms with Crippen LogP contribution in [0.15, 0.2) is 9.72 Å². The molecular formula is C8H12N2O6S2. The Hall–Kier alpha value is -1.07. The van der Waals surface area contributed by atoms with E-state index in [1.807, 2.05) is 4.72 Å². The summed E-state index contributed by atoms with van der Waals surface area (Å²) in [6, 6.07) is 0. The monoisotopic (exact) mass is 296 g/mol. The molecule has 1 heterocycles. The summed E-state index contributed by atoms with van der Waals surface area (Å²) in [6.45, 7) is 0.160. The van der Waals surface area contributed by atoms with Crippen LogP contribution in [0.4, 0.5) is 0 Å². The number of nitrogens with one attached hydrogen (secondary N) is 1. The van der Waals surface area contributed by atoms with Gasteiger partial charge in [-0.25, -0.2) is 22.9 Å². The molecule has 1 aromatic heterocycles. The Kier molecular flexibility index (Phi) is 4.40. The van der Waals surface area contributed by atoms with Gasteiger partial charge in [-0.2, -0.15) is 0 Å². The Morgan fingerprint density at radius 1 is 1.61 bits per heavy atom. The van der Waals surface area contributed by atoms with Crippen LogP contribution in [0.5, 0.6) is 0 Å². The van der Waals surface area contributed by atoms with E-state index in [-0.39, 0.29) is 0 Å². The Labute approximate surface area is 107 Å². The summed E-state index contributed by atoms with van der Waals surface area (Å²) in [6.07, 6.45) is 0. The zero-order chi connectivity index (χ0) is 14.0. The number of aromatic nitrogens is 1. The molecule has 8 nitrogen and oxygen atoms in total. The van der Waals surface area contributed by atoms with E-state index in [0.717, 1.165) is 5.51 Å². The van der Waals surface area contributed by atoms with Gasteiger partial charge in [0.2, 0.25) is 0 Å². The van der Waals surface area contributed by atoms with Crippen molar-refractivity contribution in [3.05, 3.63) is 11.2 Å². The molecule has 0 saturated heterocycles. The quantitative estimate of drug-likeness (QED) is 0.521. The van der Waals surface area contributed by atoms with Crippen molar-refractivity contribution in [2.75, 3.05) is 13.2 Å². The molecule has 18 heavy (non-hydrogen) atoms. The van der Waals surface area contributed by atoms with Crippen LogP contribution < -0.4 is 4.72 Å². The van der Waals surface area contributed by atoms with Crippen LogP contribution >= 0.6 is 11.3 Å². The SMILES string of the molecule is CC(O)(CO)CNS(=O)(=O)c1scnc1C(=O)O. The van der Waals surface area contributed by atoms with Gasteiger partial charge in [0, 0.05) is 6.54 Å². The largest absolute Gasteiger partial charge is 0.476 e. The number of aromatic carboxylic acids is 1. The van der Waals surface area contributed by atoms with E-state index in [1.165, 1.54) is 6.92 Å². The van der Waals surface area contributed by atoms with Crippen LogP contribution in [0, 0.1) is 0 Å². The lowest BCUT2D eigenvalue weighted by molar-refractivity contribution is 0.00682. The summed E-state index contributed by atoms with van der Waals surface area (Å²) < 4.78 is 25.1. The van der Waals surface area contributed by atoms with E-state index in [0.29, 0.717) is 11.3 Å². The molecule has 0 aromatic carbocycles. The smallest absolute Gasteiger partial charge is 0.356 e.